The predicted molar refractivity (Wildman–Crippen MR) is 66.4 cm³/mol. The fourth-order valence-electron chi connectivity index (χ4n) is 2.00. The van der Waals surface area contributed by atoms with Gasteiger partial charge in [-0.1, -0.05) is 6.07 Å². The molecule has 2 rings (SSSR count). The van der Waals surface area contributed by atoms with Gasteiger partial charge >= 0.3 is 0 Å². The molecule has 5 heteroatoms. The van der Waals surface area contributed by atoms with E-state index in [0.29, 0.717) is 13.1 Å². The van der Waals surface area contributed by atoms with Crippen molar-refractivity contribution < 1.29 is 9.18 Å². The van der Waals surface area contributed by atoms with E-state index in [1.165, 1.54) is 12.1 Å². The van der Waals surface area contributed by atoms with Gasteiger partial charge in [-0.05, 0) is 36.6 Å². The highest BCUT2D eigenvalue weighted by Crippen LogP contribution is 2.20. The van der Waals surface area contributed by atoms with Gasteiger partial charge in [0.1, 0.15) is 5.82 Å². The summed E-state index contributed by atoms with van der Waals surface area (Å²) in [7, 11) is 0. The SMILES string of the molecule is C[C@@H](N)C(=O)N1CCc2ccc(F)cc2C1.Cl. The van der Waals surface area contributed by atoms with E-state index in [1.54, 1.807) is 17.9 Å². The Morgan fingerprint density at radius 3 is 2.82 bits per heavy atom. The molecule has 1 heterocycles. The van der Waals surface area contributed by atoms with Crippen LogP contribution in [0.25, 0.3) is 0 Å². The van der Waals surface area contributed by atoms with Crippen LogP contribution in [0.4, 0.5) is 4.39 Å². The first-order valence-electron chi connectivity index (χ1n) is 5.39. The molecule has 1 aromatic rings. The van der Waals surface area contributed by atoms with E-state index in [0.717, 1.165) is 17.5 Å². The van der Waals surface area contributed by atoms with Crippen molar-refractivity contribution in [3.05, 3.63) is 35.1 Å². The van der Waals surface area contributed by atoms with E-state index in [-0.39, 0.29) is 24.1 Å². The van der Waals surface area contributed by atoms with Crippen LogP contribution in [0.15, 0.2) is 18.2 Å². The van der Waals surface area contributed by atoms with Gasteiger partial charge in [0.15, 0.2) is 0 Å². The zero-order valence-corrected chi connectivity index (χ0v) is 10.5. The molecule has 0 unspecified atom stereocenters. The number of carbonyl (C=O) groups is 1. The molecule has 1 aliphatic heterocycles. The Morgan fingerprint density at radius 1 is 1.47 bits per heavy atom. The topological polar surface area (TPSA) is 46.3 Å². The van der Waals surface area contributed by atoms with Gasteiger partial charge < -0.3 is 10.6 Å². The largest absolute Gasteiger partial charge is 0.337 e. The number of amides is 1. The number of hydrogen-bond donors (Lipinski definition) is 1. The Kier molecular flexibility index (Phi) is 4.48. The maximum atomic E-state index is 13.1. The number of nitrogens with two attached hydrogens (primary N) is 1. The Morgan fingerprint density at radius 2 is 2.18 bits per heavy atom. The molecule has 0 bridgehead atoms. The number of halogens is 2. The fourth-order valence-corrected chi connectivity index (χ4v) is 2.00. The molecular weight excluding hydrogens is 243 g/mol. The number of fused-ring (bicyclic) bond motifs is 1. The van der Waals surface area contributed by atoms with Crippen molar-refractivity contribution in [1.82, 2.24) is 4.90 Å². The van der Waals surface area contributed by atoms with Gasteiger partial charge in [-0.25, -0.2) is 4.39 Å². The van der Waals surface area contributed by atoms with Crippen LogP contribution in [0.3, 0.4) is 0 Å². The first-order chi connectivity index (χ1) is 7.58. The third-order valence-corrected chi connectivity index (χ3v) is 2.88. The summed E-state index contributed by atoms with van der Waals surface area (Å²) in [5.41, 5.74) is 7.56. The summed E-state index contributed by atoms with van der Waals surface area (Å²) in [6.07, 6.45) is 0.772. The summed E-state index contributed by atoms with van der Waals surface area (Å²) < 4.78 is 13.1. The molecule has 2 N–H and O–H groups in total. The molecule has 94 valence electrons. The van der Waals surface area contributed by atoms with Crippen molar-refractivity contribution in [2.75, 3.05) is 6.54 Å². The number of nitrogens with zero attached hydrogens (tertiary/aromatic N) is 1. The summed E-state index contributed by atoms with van der Waals surface area (Å²) in [4.78, 5) is 13.4. The first-order valence-corrected chi connectivity index (χ1v) is 5.39. The lowest BCUT2D eigenvalue weighted by Gasteiger charge is -2.30. The van der Waals surface area contributed by atoms with Crippen LogP contribution in [-0.2, 0) is 17.8 Å². The minimum atomic E-state index is -0.491. The summed E-state index contributed by atoms with van der Waals surface area (Å²) in [5.74, 6) is -0.330. The van der Waals surface area contributed by atoms with Crippen LogP contribution in [0.2, 0.25) is 0 Å². The maximum absolute atomic E-state index is 13.1. The average molecular weight is 259 g/mol. The highest BCUT2D eigenvalue weighted by molar-refractivity contribution is 5.85. The van der Waals surface area contributed by atoms with E-state index >= 15 is 0 Å². The Labute approximate surface area is 106 Å². The lowest BCUT2D eigenvalue weighted by molar-refractivity contribution is -0.133. The standard InChI is InChI=1S/C12H15FN2O.ClH/c1-8(14)12(16)15-5-4-9-2-3-11(13)6-10(9)7-15;/h2-3,6,8H,4-5,7,14H2,1H3;1H/t8-;/m1./s1. The average Bonchev–Trinajstić information content (AvgIpc) is 2.26. The zero-order valence-electron chi connectivity index (χ0n) is 9.65. The molecule has 0 aliphatic carbocycles. The van der Waals surface area contributed by atoms with Crippen LogP contribution in [0.1, 0.15) is 18.1 Å². The smallest absolute Gasteiger partial charge is 0.239 e. The van der Waals surface area contributed by atoms with Gasteiger partial charge in [-0.15, -0.1) is 12.4 Å². The lowest BCUT2D eigenvalue weighted by atomic mass is 9.99. The van der Waals surface area contributed by atoms with Crippen LogP contribution in [0.5, 0.6) is 0 Å². The van der Waals surface area contributed by atoms with Gasteiger partial charge in [0.05, 0.1) is 6.04 Å². The third-order valence-electron chi connectivity index (χ3n) is 2.88. The number of carbonyl (C=O) groups excluding carboxylic acids is 1. The molecule has 0 fully saturated rings. The number of benzene rings is 1. The van der Waals surface area contributed by atoms with E-state index < -0.39 is 6.04 Å². The molecule has 0 spiro atoms. The first kappa shape index (κ1) is 13.9. The highest BCUT2D eigenvalue weighted by Gasteiger charge is 2.22. The molecule has 0 saturated heterocycles. The second-order valence-electron chi connectivity index (χ2n) is 4.21. The molecule has 1 aliphatic rings. The van der Waals surface area contributed by atoms with Crippen molar-refractivity contribution in [1.29, 1.82) is 0 Å². The molecule has 1 amide bonds. The minimum absolute atomic E-state index is 0. The molecular formula is C12H16ClFN2O. The number of rotatable bonds is 1. The summed E-state index contributed by atoms with van der Waals surface area (Å²) in [5, 5.41) is 0. The van der Waals surface area contributed by atoms with Crippen LogP contribution < -0.4 is 5.73 Å². The molecule has 0 aromatic heterocycles. The Bertz CT molecular complexity index is 423. The minimum Gasteiger partial charge on any atom is -0.337 e. The van der Waals surface area contributed by atoms with Crippen LogP contribution in [0, 0.1) is 5.82 Å². The van der Waals surface area contributed by atoms with Crippen LogP contribution in [-0.4, -0.2) is 23.4 Å². The molecule has 17 heavy (non-hydrogen) atoms. The third kappa shape index (κ3) is 2.96. The molecule has 0 saturated carbocycles. The monoisotopic (exact) mass is 258 g/mol. The molecule has 1 atom stereocenters. The van der Waals surface area contributed by atoms with E-state index in [2.05, 4.69) is 0 Å². The van der Waals surface area contributed by atoms with Gasteiger partial charge in [0, 0.05) is 13.1 Å². The van der Waals surface area contributed by atoms with Crippen molar-refractivity contribution in [3.63, 3.8) is 0 Å². The Hall–Kier alpha value is -1.13. The predicted octanol–water partition coefficient (Wildman–Crippen LogP) is 1.48. The Balaban J connectivity index is 0.00000144. The van der Waals surface area contributed by atoms with Gasteiger partial charge in [0.25, 0.3) is 0 Å². The van der Waals surface area contributed by atoms with Gasteiger partial charge in [-0.3, -0.25) is 4.79 Å². The van der Waals surface area contributed by atoms with Crippen LogP contribution >= 0.6 is 12.4 Å². The summed E-state index contributed by atoms with van der Waals surface area (Å²) in [6.45, 7) is 2.80. The number of hydrogen-bond acceptors (Lipinski definition) is 2. The van der Waals surface area contributed by atoms with Crippen molar-refractivity contribution >= 4 is 18.3 Å². The molecule has 0 radical (unpaired) electrons. The second kappa shape index (κ2) is 5.47. The summed E-state index contributed by atoms with van der Waals surface area (Å²) >= 11 is 0. The van der Waals surface area contributed by atoms with Crippen molar-refractivity contribution in [2.45, 2.75) is 25.9 Å². The summed E-state index contributed by atoms with van der Waals surface area (Å²) in [6, 6.07) is 4.26. The zero-order chi connectivity index (χ0) is 11.7. The van der Waals surface area contributed by atoms with Gasteiger partial charge in [0.2, 0.25) is 5.91 Å². The normalized spacial score (nSPS) is 15.8. The molecule has 3 nitrogen and oxygen atoms in total. The van der Waals surface area contributed by atoms with E-state index in [1.807, 2.05) is 0 Å². The second-order valence-corrected chi connectivity index (χ2v) is 4.21. The van der Waals surface area contributed by atoms with Crippen molar-refractivity contribution in [3.8, 4) is 0 Å². The lowest BCUT2D eigenvalue weighted by Crippen LogP contribution is -2.44. The van der Waals surface area contributed by atoms with E-state index in [4.69, 9.17) is 5.73 Å². The highest BCUT2D eigenvalue weighted by atomic mass is 35.5. The van der Waals surface area contributed by atoms with Crippen molar-refractivity contribution in [2.24, 2.45) is 5.73 Å². The maximum Gasteiger partial charge on any atom is 0.239 e. The quantitative estimate of drug-likeness (QED) is 0.829. The van der Waals surface area contributed by atoms with Gasteiger partial charge in [-0.2, -0.15) is 0 Å². The van der Waals surface area contributed by atoms with E-state index in [9.17, 15) is 9.18 Å². The molecule has 1 aromatic carbocycles. The fraction of sp³-hybridized carbons (Fsp3) is 0.417.